The normalized spacial score (nSPS) is 48.9. The van der Waals surface area contributed by atoms with Crippen LogP contribution in [-0.4, -0.2) is 6.10 Å². The molecule has 2 heteroatoms. The quantitative estimate of drug-likeness (QED) is 0.455. The van der Waals surface area contributed by atoms with Crippen LogP contribution in [0.2, 0.25) is 0 Å². The molecule has 0 aromatic carbocycles. The topological polar surface area (TPSA) is 9.23 Å². The summed E-state index contributed by atoms with van der Waals surface area (Å²) in [7, 11) is 0. The minimum atomic E-state index is 0.450. The minimum Gasteiger partial charge on any atom is -0.314 e. The van der Waals surface area contributed by atoms with Gasteiger partial charge in [0.1, 0.15) is 0 Å². The van der Waals surface area contributed by atoms with Crippen molar-refractivity contribution in [2.24, 2.45) is 17.3 Å². The Morgan fingerprint density at radius 1 is 1.40 bits per heavy atom. The van der Waals surface area contributed by atoms with Gasteiger partial charge in [-0.1, -0.05) is 13.8 Å². The van der Waals surface area contributed by atoms with Crippen molar-refractivity contribution >= 4 is 12.9 Å². The molecule has 0 radical (unpaired) electrons. The molecule has 2 saturated carbocycles. The second kappa shape index (κ2) is 1.92. The van der Waals surface area contributed by atoms with Gasteiger partial charge in [-0.05, 0) is 37.6 Å². The summed E-state index contributed by atoms with van der Waals surface area (Å²) in [6, 6.07) is 0. The first-order valence-corrected chi connectivity index (χ1v) is 4.39. The molecular formula is C8H14OS. The van der Waals surface area contributed by atoms with Crippen LogP contribution in [0.3, 0.4) is 0 Å². The van der Waals surface area contributed by atoms with E-state index in [-0.39, 0.29) is 0 Å². The van der Waals surface area contributed by atoms with Crippen molar-refractivity contribution in [3.8, 4) is 0 Å². The van der Waals surface area contributed by atoms with E-state index in [0.717, 1.165) is 11.8 Å². The maximum Gasteiger partial charge on any atom is 0.0805 e. The fourth-order valence-corrected chi connectivity index (χ4v) is 2.94. The van der Waals surface area contributed by atoms with Crippen LogP contribution < -0.4 is 0 Å². The van der Waals surface area contributed by atoms with Crippen molar-refractivity contribution in [2.75, 3.05) is 0 Å². The van der Waals surface area contributed by atoms with Crippen LogP contribution in [0.5, 0.6) is 0 Å². The summed E-state index contributed by atoms with van der Waals surface area (Å²) >= 11 is 3.90. The lowest BCUT2D eigenvalue weighted by Gasteiger charge is -2.48. The van der Waals surface area contributed by atoms with Crippen LogP contribution in [0.25, 0.3) is 0 Å². The van der Waals surface area contributed by atoms with Crippen LogP contribution in [0.15, 0.2) is 0 Å². The van der Waals surface area contributed by atoms with Gasteiger partial charge in [-0.15, -0.1) is 0 Å². The zero-order chi connectivity index (χ0) is 7.35. The predicted octanol–water partition coefficient (Wildman–Crippen LogP) is 2.28. The van der Waals surface area contributed by atoms with Crippen LogP contribution in [-0.2, 0) is 4.18 Å². The summed E-state index contributed by atoms with van der Waals surface area (Å²) in [6.45, 7) is 4.59. The van der Waals surface area contributed by atoms with E-state index in [1.165, 1.54) is 12.8 Å². The Balaban J connectivity index is 2.08. The van der Waals surface area contributed by atoms with E-state index in [1.807, 2.05) is 0 Å². The highest BCUT2D eigenvalue weighted by molar-refractivity contribution is 7.75. The van der Waals surface area contributed by atoms with E-state index in [0.29, 0.717) is 11.5 Å². The largest absolute Gasteiger partial charge is 0.314 e. The minimum absolute atomic E-state index is 0.450. The SMILES string of the molecule is CC1[C@H](C)[C@@H](OS)C12CC2. The Morgan fingerprint density at radius 2 is 2.00 bits per heavy atom. The van der Waals surface area contributed by atoms with Crippen LogP contribution in [0.1, 0.15) is 26.7 Å². The Hall–Kier alpha value is 0.310. The van der Waals surface area contributed by atoms with Gasteiger partial charge in [0.15, 0.2) is 0 Å². The van der Waals surface area contributed by atoms with Gasteiger partial charge in [-0.25, -0.2) is 0 Å². The van der Waals surface area contributed by atoms with E-state index >= 15 is 0 Å². The Labute approximate surface area is 67.8 Å². The maximum absolute atomic E-state index is 5.14. The third-order valence-electron chi connectivity index (χ3n) is 3.68. The first-order valence-electron chi connectivity index (χ1n) is 4.02. The lowest BCUT2D eigenvalue weighted by atomic mass is 9.61. The van der Waals surface area contributed by atoms with Crippen molar-refractivity contribution in [3.05, 3.63) is 0 Å². The fourth-order valence-electron chi connectivity index (χ4n) is 2.54. The van der Waals surface area contributed by atoms with Crippen LogP contribution in [0, 0.1) is 17.3 Å². The molecule has 0 heterocycles. The third-order valence-corrected chi connectivity index (χ3v) is 3.91. The predicted molar refractivity (Wildman–Crippen MR) is 43.9 cm³/mol. The number of thiol groups is 1. The van der Waals surface area contributed by atoms with E-state index in [4.69, 9.17) is 4.18 Å². The van der Waals surface area contributed by atoms with Gasteiger partial charge >= 0.3 is 0 Å². The second-order valence-electron chi connectivity index (χ2n) is 3.91. The fraction of sp³-hybridized carbons (Fsp3) is 1.00. The monoisotopic (exact) mass is 158 g/mol. The number of rotatable bonds is 1. The van der Waals surface area contributed by atoms with Crippen molar-refractivity contribution in [1.29, 1.82) is 0 Å². The zero-order valence-corrected chi connectivity index (χ0v) is 7.40. The summed E-state index contributed by atoms with van der Waals surface area (Å²) in [5, 5.41) is 0. The Kier molecular flexibility index (Phi) is 1.34. The van der Waals surface area contributed by atoms with Gasteiger partial charge in [-0.3, -0.25) is 0 Å². The van der Waals surface area contributed by atoms with Crippen molar-refractivity contribution in [1.82, 2.24) is 0 Å². The lowest BCUT2D eigenvalue weighted by molar-refractivity contribution is -0.0745. The summed E-state index contributed by atoms with van der Waals surface area (Å²) in [6.07, 6.45) is 3.18. The van der Waals surface area contributed by atoms with Gasteiger partial charge in [-0.2, -0.15) is 0 Å². The molecule has 2 rings (SSSR count). The average molecular weight is 158 g/mol. The molecular weight excluding hydrogens is 144 g/mol. The molecule has 0 aromatic heterocycles. The van der Waals surface area contributed by atoms with Gasteiger partial charge < -0.3 is 4.18 Å². The molecule has 2 fully saturated rings. The molecule has 0 saturated heterocycles. The van der Waals surface area contributed by atoms with Crippen molar-refractivity contribution < 1.29 is 4.18 Å². The highest BCUT2D eigenvalue weighted by Crippen LogP contribution is 2.67. The molecule has 0 amide bonds. The van der Waals surface area contributed by atoms with Gasteiger partial charge in [0.2, 0.25) is 0 Å². The third kappa shape index (κ3) is 0.595. The second-order valence-corrected chi connectivity index (χ2v) is 4.12. The van der Waals surface area contributed by atoms with E-state index in [9.17, 15) is 0 Å². The Bertz CT molecular complexity index is 153. The van der Waals surface area contributed by atoms with E-state index < -0.39 is 0 Å². The maximum atomic E-state index is 5.14. The molecule has 0 N–H and O–H groups in total. The summed E-state index contributed by atoms with van der Waals surface area (Å²) < 4.78 is 5.14. The smallest absolute Gasteiger partial charge is 0.0805 e. The van der Waals surface area contributed by atoms with E-state index in [2.05, 4.69) is 26.8 Å². The van der Waals surface area contributed by atoms with Crippen molar-refractivity contribution in [3.63, 3.8) is 0 Å². The van der Waals surface area contributed by atoms with Crippen LogP contribution in [0.4, 0.5) is 0 Å². The van der Waals surface area contributed by atoms with E-state index in [1.54, 1.807) is 0 Å². The summed E-state index contributed by atoms with van der Waals surface area (Å²) in [5.74, 6) is 1.59. The molecule has 1 unspecified atom stereocenters. The molecule has 3 atom stereocenters. The van der Waals surface area contributed by atoms with Gasteiger partial charge in [0.25, 0.3) is 0 Å². The molecule has 58 valence electrons. The first-order chi connectivity index (χ1) is 4.72. The highest BCUT2D eigenvalue weighted by atomic mass is 32.1. The van der Waals surface area contributed by atoms with Crippen LogP contribution >= 0.6 is 12.9 Å². The molecule has 1 nitrogen and oxygen atoms in total. The standard InChI is InChI=1S/C8H14OS/c1-5-6(2)8(3-4-8)7(5)9-10/h5-7,10H,3-4H2,1-2H3/t5-,6?,7+/m0/s1. The molecule has 1 spiro atoms. The van der Waals surface area contributed by atoms with Gasteiger partial charge in [0.05, 0.1) is 6.10 Å². The molecule has 0 aliphatic heterocycles. The lowest BCUT2D eigenvalue weighted by Crippen LogP contribution is -2.50. The number of hydrogen-bond donors (Lipinski definition) is 1. The van der Waals surface area contributed by atoms with Gasteiger partial charge in [0, 0.05) is 5.41 Å². The molecule has 2 aliphatic carbocycles. The molecule has 0 aromatic rings. The van der Waals surface area contributed by atoms with Crippen molar-refractivity contribution in [2.45, 2.75) is 32.8 Å². The Morgan fingerprint density at radius 3 is 2.30 bits per heavy atom. The first kappa shape index (κ1) is 6.99. The summed E-state index contributed by atoms with van der Waals surface area (Å²) in [5.41, 5.74) is 0.571. The molecule has 10 heavy (non-hydrogen) atoms. The zero-order valence-electron chi connectivity index (χ0n) is 6.50. The summed E-state index contributed by atoms with van der Waals surface area (Å²) in [4.78, 5) is 0. The molecule has 0 bridgehead atoms. The number of hydrogen-bond acceptors (Lipinski definition) is 2. The highest BCUT2D eigenvalue weighted by Gasteiger charge is 2.65. The average Bonchev–Trinajstić information content (AvgIpc) is 2.70. The molecule has 2 aliphatic rings.